The molecule has 1 N–H and O–H groups in total. The van der Waals surface area contributed by atoms with E-state index in [1.54, 1.807) is 18.3 Å². The fourth-order valence-electron chi connectivity index (χ4n) is 2.53. The van der Waals surface area contributed by atoms with Crippen molar-refractivity contribution in [3.8, 4) is 0 Å². The van der Waals surface area contributed by atoms with Crippen LogP contribution in [0.2, 0.25) is 0 Å². The maximum absolute atomic E-state index is 11.0. The average molecular weight is 259 g/mol. The molecular weight excluding hydrogens is 246 g/mol. The van der Waals surface area contributed by atoms with E-state index in [1.165, 1.54) is 6.07 Å². The molecule has 6 nitrogen and oxygen atoms in total. The summed E-state index contributed by atoms with van der Waals surface area (Å²) in [6, 6.07) is 6.81. The molecule has 1 aromatic heterocycles. The molecule has 0 amide bonds. The first-order valence-electron chi connectivity index (χ1n) is 6.12. The van der Waals surface area contributed by atoms with Crippen LogP contribution < -0.4 is 4.90 Å². The highest BCUT2D eigenvalue weighted by Gasteiger charge is 2.24. The number of nitrogens with zero attached hydrogens (tertiary/aromatic N) is 3. The van der Waals surface area contributed by atoms with Gasteiger partial charge in [0.25, 0.3) is 5.69 Å². The van der Waals surface area contributed by atoms with Crippen LogP contribution in [-0.4, -0.2) is 34.2 Å². The Kier molecular flexibility index (Phi) is 2.79. The minimum atomic E-state index is -0.419. The number of hydrogen-bond donors (Lipinski definition) is 1. The van der Waals surface area contributed by atoms with Gasteiger partial charge in [-0.1, -0.05) is 0 Å². The molecule has 19 heavy (non-hydrogen) atoms. The number of fused-ring (bicyclic) bond motifs is 1. The lowest BCUT2D eigenvalue weighted by Gasteiger charge is -2.19. The third kappa shape index (κ3) is 2.00. The summed E-state index contributed by atoms with van der Waals surface area (Å²) in [7, 11) is 0. The number of pyridine rings is 1. The van der Waals surface area contributed by atoms with Gasteiger partial charge in [-0.2, -0.15) is 0 Å². The van der Waals surface area contributed by atoms with Gasteiger partial charge in [0.2, 0.25) is 0 Å². The molecule has 2 heterocycles. The molecule has 0 aliphatic carbocycles. The first-order valence-corrected chi connectivity index (χ1v) is 6.12. The van der Waals surface area contributed by atoms with Gasteiger partial charge in [-0.25, -0.2) is 4.98 Å². The maximum atomic E-state index is 11.0. The van der Waals surface area contributed by atoms with Gasteiger partial charge in [0.15, 0.2) is 0 Å². The Morgan fingerprint density at radius 1 is 1.42 bits per heavy atom. The summed E-state index contributed by atoms with van der Waals surface area (Å²) in [5.41, 5.74) is 1.30. The molecule has 1 aliphatic rings. The summed E-state index contributed by atoms with van der Waals surface area (Å²) < 4.78 is 0. The monoisotopic (exact) mass is 259 g/mol. The lowest BCUT2D eigenvalue weighted by molar-refractivity contribution is -0.383. The van der Waals surface area contributed by atoms with Crippen LogP contribution in [0.3, 0.4) is 0 Å². The summed E-state index contributed by atoms with van der Waals surface area (Å²) in [6.45, 7) is 1.31. The summed E-state index contributed by atoms with van der Waals surface area (Å²) in [5.74, 6) is 0. The van der Waals surface area contributed by atoms with E-state index in [4.69, 9.17) is 0 Å². The van der Waals surface area contributed by atoms with Crippen LogP contribution in [0.25, 0.3) is 10.9 Å². The molecule has 3 rings (SSSR count). The molecular formula is C13H13N3O3. The fourth-order valence-corrected chi connectivity index (χ4v) is 2.53. The van der Waals surface area contributed by atoms with Crippen LogP contribution in [0.15, 0.2) is 30.5 Å². The van der Waals surface area contributed by atoms with Crippen molar-refractivity contribution in [2.24, 2.45) is 0 Å². The van der Waals surface area contributed by atoms with Gasteiger partial charge in [0.1, 0.15) is 5.52 Å². The first-order chi connectivity index (χ1) is 9.16. The van der Waals surface area contributed by atoms with E-state index in [1.807, 2.05) is 11.0 Å². The molecule has 6 heteroatoms. The van der Waals surface area contributed by atoms with Crippen molar-refractivity contribution >= 4 is 22.3 Å². The van der Waals surface area contributed by atoms with Crippen LogP contribution in [-0.2, 0) is 0 Å². The van der Waals surface area contributed by atoms with Gasteiger partial charge in [-0.3, -0.25) is 10.1 Å². The molecule has 1 aliphatic heterocycles. The average Bonchev–Trinajstić information content (AvgIpc) is 2.83. The number of aliphatic hydroxyl groups is 1. The van der Waals surface area contributed by atoms with Gasteiger partial charge < -0.3 is 10.0 Å². The number of β-amino-alcohol motifs (C(OH)–C–C–N with tert-alkyl or cyclic N) is 1. The van der Waals surface area contributed by atoms with Gasteiger partial charge in [-0.05, 0) is 24.6 Å². The largest absolute Gasteiger partial charge is 0.391 e. The van der Waals surface area contributed by atoms with Gasteiger partial charge in [0.05, 0.1) is 11.0 Å². The Hall–Kier alpha value is -2.21. The zero-order valence-electron chi connectivity index (χ0n) is 10.2. The molecule has 1 saturated heterocycles. The molecule has 1 unspecified atom stereocenters. The summed E-state index contributed by atoms with van der Waals surface area (Å²) in [6.07, 6.45) is 1.94. The summed E-state index contributed by atoms with van der Waals surface area (Å²) in [4.78, 5) is 16.8. The Morgan fingerprint density at radius 2 is 2.26 bits per heavy atom. The van der Waals surface area contributed by atoms with Gasteiger partial charge in [0, 0.05) is 36.4 Å². The van der Waals surface area contributed by atoms with Crippen LogP contribution in [0.1, 0.15) is 6.42 Å². The fraction of sp³-hybridized carbons (Fsp3) is 0.308. The van der Waals surface area contributed by atoms with E-state index < -0.39 is 4.92 Å². The quantitative estimate of drug-likeness (QED) is 0.656. The first kappa shape index (κ1) is 11.9. The highest BCUT2D eigenvalue weighted by molar-refractivity contribution is 5.97. The Balaban J connectivity index is 2.17. The molecule has 0 bridgehead atoms. The van der Waals surface area contributed by atoms with Crippen molar-refractivity contribution in [1.82, 2.24) is 4.98 Å². The smallest absolute Gasteiger partial charge is 0.295 e. The van der Waals surface area contributed by atoms with E-state index >= 15 is 0 Å². The van der Waals surface area contributed by atoms with Crippen molar-refractivity contribution in [1.29, 1.82) is 0 Å². The van der Waals surface area contributed by atoms with Crippen molar-refractivity contribution in [2.75, 3.05) is 18.0 Å². The maximum Gasteiger partial charge on any atom is 0.295 e. The van der Waals surface area contributed by atoms with Crippen LogP contribution in [0.4, 0.5) is 11.4 Å². The van der Waals surface area contributed by atoms with E-state index in [0.717, 1.165) is 24.0 Å². The molecule has 0 saturated carbocycles. The number of non-ortho nitro benzene ring substituents is 1. The minimum Gasteiger partial charge on any atom is -0.391 e. The molecule has 1 atom stereocenters. The molecule has 0 spiro atoms. The lowest BCUT2D eigenvalue weighted by atomic mass is 10.1. The third-order valence-electron chi connectivity index (χ3n) is 3.43. The normalized spacial score (nSPS) is 19.0. The SMILES string of the molecule is O=[N+]([O-])c1ccc(N2CCC(O)C2)c2cccnc12. The van der Waals surface area contributed by atoms with Crippen LogP contribution >= 0.6 is 0 Å². The number of benzene rings is 1. The van der Waals surface area contributed by atoms with Gasteiger partial charge >= 0.3 is 0 Å². The number of rotatable bonds is 2. The molecule has 1 aromatic carbocycles. The zero-order valence-corrected chi connectivity index (χ0v) is 10.2. The van der Waals surface area contributed by atoms with E-state index in [9.17, 15) is 15.2 Å². The molecule has 0 radical (unpaired) electrons. The topological polar surface area (TPSA) is 79.5 Å². The molecule has 98 valence electrons. The number of hydrogen-bond acceptors (Lipinski definition) is 5. The predicted molar refractivity (Wildman–Crippen MR) is 71.2 cm³/mol. The summed E-state index contributed by atoms with van der Waals surface area (Å²) >= 11 is 0. The van der Waals surface area contributed by atoms with E-state index in [0.29, 0.717) is 12.1 Å². The van der Waals surface area contributed by atoms with E-state index in [-0.39, 0.29) is 11.8 Å². The lowest BCUT2D eigenvalue weighted by Crippen LogP contribution is -2.21. The Bertz CT molecular complexity index is 644. The second-order valence-electron chi connectivity index (χ2n) is 4.65. The van der Waals surface area contributed by atoms with Crippen molar-refractivity contribution < 1.29 is 10.0 Å². The van der Waals surface area contributed by atoms with E-state index in [2.05, 4.69) is 4.98 Å². The summed E-state index contributed by atoms with van der Waals surface area (Å²) in [5, 5.41) is 21.4. The predicted octanol–water partition coefficient (Wildman–Crippen LogP) is 1.71. The Morgan fingerprint density at radius 3 is 2.95 bits per heavy atom. The number of anilines is 1. The van der Waals surface area contributed by atoms with Crippen LogP contribution in [0, 0.1) is 10.1 Å². The van der Waals surface area contributed by atoms with Crippen molar-refractivity contribution in [3.05, 3.63) is 40.6 Å². The van der Waals surface area contributed by atoms with Gasteiger partial charge in [-0.15, -0.1) is 0 Å². The highest BCUT2D eigenvalue weighted by Crippen LogP contribution is 2.33. The van der Waals surface area contributed by atoms with Crippen molar-refractivity contribution in [2.45, 2.75) is 12.5 Å². The highest BCUT2D eigenvalue weighted by atomic mass is 16.6. The van der Waals surface area contributed by atoms with Crippen molar-refractivity contribution in [3.63, 3.8) is 0 Å². The molecule has 2 aromatic rings. The zero-order chi connectivity index (χ0) is 13.4. The number of nitro benzene ring substituents is 1. The standard InChI is InChI=1S/C13H13N3O3/c17-9-5-7-15(8-9)11-3-4-12(16(18)19)13-10(11)2-1-6-14-13/h1-4,6,9,17H,5,7-8H2. The molecule has 1 fully saturated rings. The minimum absolute atomic E-state index is 0.0131. The third-order valence-corrected chi connectivity index (χ3v) is 3.43. The number of aromatic nitrogens is 1. The Labute approximate surface area is 109 Å². The number of nitro groups is 1. The number of aliphatic hydroxyl groups excluding tert-OH is 1. The second kappa shape index (κ2) is 4.47. The second-order valence-corrected chi connectivity index (χ2v) is 4.65. The van der Waals surface area contributed by atoms with Crippen LogP contribution in [0.5, 0.6) is 0 Å².